The number of aliphatic hydroxyl groups is 1. The van der Waals surface area contributed by atoms with Crippen LogP contribution in [0.2, 0.25) is 0 Å². The van der Waals surface area contributed by atoms with Gasteiger partial charge in [-0.05, 0) is 80.4 Å². The minimum Gasteiger partial charge on any atom is -0.507 e. The third-order valence-corrected chi connectivity index (χ3v) is 7.64. The maximum atomic E-state index is 13.7. The highest BCUT2D eigenvalue weighted by Gasteiger charge is 2.49. The number of hydrogen-bond acceptors (Lipinski definition) is 8. The van der Waals surface area contributed by atoms with Crippen LogP contribution in [-0.2, 0) is 9.59 Å². The lowest BCUT2D eigenvalue weighted by Gasteiger charge is -2.25. The molecule has 0 bridgehead atoms. The highest BCUT2D eigenvalue weighted by Crippen LogP contribution is 2.47. The average Bonchev–Trinajstić information content (AvgIpc) is 3.46. The summed E-state index contributed by atoms with van der Waals surface area (Å²) in [5, 5.41) is 11.8. The zero-order chi connectivity index (χ0) is 27.8. The number of fused-ring (bicyclic) bond motifs is 1. The van der Waals surface area contributed by atoms with Gasteiger partial charge in [0.25, 0.3) is 5.78 Å². The number of hydrogen-bond donors (Lipinski definition) is 1. The molecule has 3 aromatic carbocycles. The van der Waals surface area contributed by atoms with Crippen molar-refractivity contribution in [1.82, 2.24) is 4.98 Å². The molecule has 200 valence electrons. The van der Waals surface area contributed by atoms with Crippen molar-refractivity contribution >= 4 is 44.1 Å². The maximum absolute atomic E-state index is 13.7. The molecule has 1 aliphatic rings. The van der Waals surface area contributed by atoms with Gasteiger partial charge in [0.1, 0.15) is 29.0 Å². The molecule has 2 heterocycles. The van der Waals surface area contributed by atoms with E-state index >= 15 is 0 Å². The molecule has 4 aromatic rings. The van der Waals surface area contributed by atoms with E-state index in [0.717, 1.165) is 21.3 Å². The first-order valence-corrected chi connectivity index (χ1v) is 13.2. The van der Waals surface area contributed by atoms with E-state index in [1.165, 1.54) is 30.5 Å². The minimum absolute atomic E-state index is 0.0668. The standard InChI is InChI=1S/C30H28N2O6S/c1-6-38-19-9-7-18(8-10-19)27(33)24-26(21-15-20(36-4)11-12-22(21)37-5)32(29(35)28(24)34)30-31-25-17(3)13-16(2)14-23(25)39-30/h7-15,26,33H,6H2,1-5H3/b27-24+/t26-/m0/s1. The molecular weight excluding hydrogens is 516 g/mol. The molecule has 39 heavy (non-hydrogen) atoms. The lowest BCUT2D eigenvalue weighted by atomic mass is 9.94. The van der Waals surface area contributed by atoms with Crippen LogP contribution in [0.4, 0.5) is 5.13 Å². The number of aliphatic hydroxyl groups excluding tert-OH is 1. The fourth-order valence-corrected chi connectivity index (χ4v) is 6.04. The summed E-state index contributed by atoms with van der Waals surface area (Å²) in [6.45, 7) is 6.33. The van der Waals surface area contributed by atoms with E-state index in [2.05, 4.69) is 0 Å². The molecule has 1 saturated heterocycles. The predicted molar refractivity (Wildman–Crippen MR) is 151 cm³/mol. The zero-order valence-electron chi connectivity index (χ0n) is 22.3. The summed E-state index contributed by atoms with van der Waals surface area (Å²) in [5.41, 5.74) is 3.58. The fourth-order valence-electron chi connectivity index (χ4n) is 4.87. The van der Waals surface area contributed by atoms with Crippen LogP contribution < -0.4 is 19.1 Å². The lowest BCUT2D eigenvalue weighted by molar-refractivity contribution is -0.132. The van der Waals surface area contributed by atoms with Gasteiger partial charge in [-0.15, -0.1) is 0 Å². The highest BCUT2D eigenvalue weighted by atomic mass is 32.1. The average molecular weight is 545 g/mol. The summed E-state index contributed by atoms with van der Waals surface area (Å²) in [7, 11) is 3.04. The second-order valence-electron chi connectivity index (χ2n) is 9.16. The summed E-state index contributed by atoms with van der Waals surface area (Å²) in [5.74, 6) is -0.344. The monoisotopic (exact) mass is 544 g/mol. The van der Waals surface area contributed by atoms with Crippen molar-refractivity contribution in [2.45, 2.75) is 26.8 Å². The predicted octanol–water partition coefficient (Wildman–Crippen LogP) is 5.96. The van der Waals surface area contributed by atoms with Gasteiger partial charge in [-0.2, -0.15) is 0 Å². The Morgan fingerprint density at radius 3 is 2.38 bits per heavy atom. The van der Waals surface area contributed by atoms with E-state index < -0.39 is 17.7 Å². The number of thiazole rings is 1. The second kappa shape index (κ2) is 10.4. The highest BCUT2D eigenvalue weighted by molar-refractivity contribution is 7.22. The van der Waals surface area contributed by atoms with Gasteiger partial charge in [0.15, 0.2) is 5.13 Å². The van der Waals surface area contributed by atoms with Gasteiger partial charge in [-0.1, -0.05) is 17.4 Å². The Kier molecular flexibility index (Phi) is 7.01. The Hall–Kier alpha value is -4.37. The fraction of sp³-hybridized carbons (Fsp3) is 0.233. The first-order valence-electron chi connectivity index (χ1n) is 12.4. The number of nitrogens with zero attached hydrogens (tertiary/aromatic N) is 2. The molecule has 1 aliphatic heterocycles. The topological polar surface area (TPSA) is 98.2 Å². The molecule has 0 aliphatic carbocycles. The molecule has 1 atom stereocenters. The number of anilines is 1. The smallest absolute Gasteiger partial charge is 0.301 e. The number of ketones is 1. The number of benzene rings is 3. The molecule has 0 spiro atoms. The van der Waals surface area contributed by atoms with Crippen LogP contribution in [0.15, 0.2) is 60.2 Å². The van der Waals surface area contributed by atoms with Gasteiger partial charge in [0, 0.05) is 11.1 Å². The van der Waals surface area contributed by atoms with Crippen molar-refractivity contribution < 1.29 is 28.9 Å². The maximum Gasteiger partial charge on any atom is 0.301 e. The van der Waals surface area contributed by atoms with E-state index in [4.69, 9.17) is 19.2 Å². The number of Topliss-reactive ketones (excluding diaryl/α,β-unsaturated/α-hetero) is 1. The molecule has 8 nitrogen and oxygen atoms in total. The number of aryl methyl sites for hydroxylation is 2. The number of carbonyl (C=O) groups is 2. The quantitative estimate of drug-likeness (QED) is 0.174. The van der Waals surface area contributed by atoms with Crippen LogP contribution in [0.5, 0.6) is 17.2 Å². The van der Waals surface area contributed by atoms with Crippen LogP contribution in [-0.4, -0.2) is 42.6 Å². The summed E-state index contributed by atoms with van der Waals surface area (Å²) in [4.78, 5) is 33.4. The van der Waals surface area contributed by atoms with Crippen molar-refractivity contribution in [3.63, 3.8) is 0 Å². The van der Waals surface area contributed by atoms with E-state index in [9.17, 15) is 14.7 Å². The first-order chi connectivity index (χ1) is 18.8. The van der Waals surface area contributed by atoms with Crippen LogP contribution in [0.3, 0.4) is 0 Å². The van der Waals surface area contributed by atoms with Gasteiger partial charge in [0.05, 0.1) is 36.6 Å². The Labute approximate surface area is 230 Å². The SMILES string of the molecule is CCOc1ccc(/C(O)=C2\C(=O)C(=O)N(c3nc4c(C)cc(C)cc4s3)[C@H]2c2cc(OC)ccc2OC)cc1. The summed E-state index contributed by atoms with van der Waals surface area (Å²) in [6, 6.07) is 14.9. The van der Waals surface area contributed by atoms with E-state index in [-0.39, 0.29) is 11.3 Å². The Morgan fingerprint density at radius 1 is 1.00 bits per heavy atom. The largest absolute Gasteiger partial charge is 0.507 e. The van der Waals surface area contributed by atoms with Crippen LogP contribution in [0, 0.1) is 13.8 Å². The molecule has 0 unspecified atom stereocenters. The number of amides is 1. The van der Waals surface area contributed by atoms with Gasteiger partial charge in [-0.3, -0.25) is 14.5 Å². The summed E-state index contributed by atoms with van der Waals surface area (Å²) < 4.78 is 17.5. The summed E-state index contributed by atoms with van der Waals surface area (Å²) in [6.07, 6.45) is 0. The Balaban J connectivity index is 1.76. The molecule has 1 amide bonds. The van der Waals surface area contributed by atoms with Crippen LogP contribution in [0.25, 0.3) is 16.0 Å². The number of methoxy groups -OCH3 is 2. The van der Waals surface area contributed by atoms with E-state index in [1.807, 2.05) is 32.9 Å². The minimum atomic E-state index is -1.01. The van der Waals surface area contributed by atoms with Gasteiger partial charge in [0.2, 0.25) is 0 Å². The number of ether oxygens (including phenoxy) is 3. The first kappa shape index (κ1) is 26.2. The molecule has 5 rings (SSSR count). The second-order valence-corrected chi connectivity index (χ2v) is 10.2. The van der Waals surface area contributed by atoms with E-state index in [0.29, 0.717) is 40.1 Å². The van der Waals surface area contributed by atoms with Crippen molar-refractivity contribution in [3.8, 4) is 17.2 Å². The number of aromatic nitrogens is 1. The number of carbonyl (C=O) groups excluding carboxylic acids is 2. The molecule has 0 radical (unpaired) electrons. The molecular formula is C30H28N2O6S. The molecule has 0 saturated carbocycles. The van der Waals surface area contributed by atoms with E-state index in [1.54, 1.807) is 42.5 Å². The normalized spacial score (nSPS) is 16.6. The molecule has 1 aromatic heterocycles. The lowest BCUT2D eigenvalue weighted by Crippen LogP contribution is -2.29. The van der Waals surface area contributed by atoms with Crippen molar-refractivity contribution in [3.05, 3.63) is 82.4 Å². The van der Waals surface area contributed by atoms with Gasteiger partial charge < -0.3 is 19.3 Å². The Morgan fingerprint density at radius 2 is 1.72 bits per heavy atom. The third-order valence-electron chi connectivity index (χ3n) is 6.64. The van der Waals surface area contributed by atoms with Gasteiger partial charge in [-0.25, -0.2) is 4.98 Å². The number of rotatable bonds is 7. The molecule has 1 N–H and O–H groups in total. The van der Waals surface area contributed by atoms with Gasteiger partial charge >= 0.3 is 5.91 Å². The van der Waals surface area contributed by atoms with Crippen molar-refractivity contribution in [1.29, 1.82) is 0 Å². The van der Waals surface area contributed by atoms with Crippen LogP contribution in [0.1, 0.15) is 35.2 Å². The molecule has 1 fully saturated rings. The van der Waals surface area contributed by atoms with Crippen LogP contribution >= 0.6 is 11.3 Å². The van der Waals surface area contributed by atoms with Crippen molar-refractivity contribution in [2.75, 3.05) is 25.7 Å². The third kappa shape index (κ3) is 4.59. The van der Waals surface area contributed by atoms with Crippen molar-refractivity contribution in [2.24, 2.45) is 0 Å². The zero-order valence-corrected chi connectivity index (χ0v) is 23.1. The summed E-state index contributed by atoms with van der Waals surface area (Å²) >= 11 is 1.32. The molecule has 9 heteroatoms. The Bertz CT molecular complexity index is 1620.